The summed E-state index contributed by atoms with van der Waals surface area (Å²) in [6, 6.07) is 14.3. The van der Waals surface area contributed by atoms with E-state index in [9.17, 15) is 0 Å². The minimum absolute atomic E-state index is 0.518. The minimum Gasteiger partial charge on any atom is -0.476 e. The topological polar surface area (TPSA) is 51.4 Å². The van der Waals surface area contributed by atoms with Crippen molar-refractivity contribution in [3.05, 3.63) is 48.0 Å². The molecule has 0 radical (unpaired) electrons. The quantitative estimate of drug-likeness (QED) is 0.849. The van der Waals surface area contributed by atoms with Gasteiger partial charge in [-0.15, -0.1) is 0 Å². The van der Waals surface area contributed by atoms with Gasteiger partial charge in [0.25, 0.3) is 0 Å². The number of pyridine rings is 1. The van der Waals surface area contributed by atoms with Crippen LogP contribution in [0.15, 0.2) is 42.5 Å². The smallest absolute Gasteiger partial charge is 0.239 e. The number of aryl methyl sites for hydroxylation is 1. The second-order valence-corrected chi connectivity index (χ2v) is 5.01. The number of nitrogen functional groups attached to an aromatic ring is 1. The largest absolute Gasteiger partial charge is 0.476 e. The Morgan fingerprint density at radius 2 is 1.90 bits per heavy atom. The fraction of sp³-hybridized carbons (Fsp3) is 0.353. The van der Waals surface area contributed by atoms with Crippen molar-refractivity contribution in [3.8, 4) is 5.88 Å². The van der Waals surface area contributed by atoms with E-state index in [1.165, 1.54) is 5.56 Å². The standard InChI is InChI=1S/C17H23N3O/c1-3-21-17-15(18)11-12-16(19-17)20(2)13-7-10-14-8-5-4-6-9-14/h4-6,8-9,11-12H,3,7,10,13,18H2,1-2H3. The van der Waals surface area contributed by atoms with Crippen LogP contribution in [0.4, 0.5) is 11.5 Å². The zero-order valence-corrected chi connectivity index (χ0v) is 12.7. The van der Waals surface area contributed by atoms with Gasteiger partial charge < -0.3 is 15.4 Å². The Balaban J connectivity index is 1.91. The molecule has 4 heteroatoms. The zero-order chi connectivity index (χ0) is 15.1. The number of nitrogens with two attached hydrogens (primary N) is 1. The molecule has 0 saturated carbocycles. The van der Waals surface area contributed by atoms with Gasteiger partial charge in [-0.05, 0) is 37.5 Å². The molecule has 0 saturated heterocycles. The van der Waals surface area contributed by atoms with E-state index in [1.807, 2.05) is 32.2 Å². The molecule has 2 rings (SSSR count). The number of rotatable bonds is 7. The first-order chi connectivity index (χ1) is 10.2. The minimum atomic E-state index is 0.518. The van der Waals surface area contributed by atoms with E-state index in [0.29, 0.717) is 18.2 Å². The molecule has 2 N–H and O–H groups in total. The summed E-state index contributed by atoms with van der Waals surface area (Å²) >= 11 is 0. The molecule has 0 bridgehead atoms. The van der Waals surface area contributed by atoms with Crippen molar-refractivity contribution >= 4 is 11.5 Å². The van der Waals surface area contributed by atoms with Crippen molar-refractivity contribution in [2.24, 2.45) is 0 Å². The molecule has 0 amide bonds. The summed E-state index contributed by atoms with van der Waals surface area (Å²) < 4.78 is 5.44. The SMILES string of the molecule is CCOc1nc(N(C)CCCc2ccccc2)ccc1N. The summed E-state index contributed by atoms with van der Waals surface area (Å²) in [5, 5.41) is 0. The van der Waals surface area contributed by atoms with Gasteiger partial charge in [-0.25, -0.2) is 0 Å². The molecule has 4 nitrogen and oxygen atoms in total. The molecular formula is C17H23N3O. The highest BCUT2D eigenvalue weighted by Gasteiger charge is 2.07. The number of hydrogen-bond donors (Lipinski definition) is 1. The molecule has 112 valence electrons. The van der Waals surface area contributed by atoms with Crippen molar-refractivity contribution in [1.82, 2.24) is 4.98 Å². The lowest BCUT2D eigenvalue weighted by Crippen LogP contribution is -2.20. The van der Waals surface area contributed by atoms with Crippen molar-refractivity contribution in [2.45, 2.75) is 19.8 Å². The summed E-state index contributed by atoms with van der Waals surface area (Å²) in [5.41, 5.74) is 7.79. The van der Waals surface area contributed by atoms with Gasteiger partial charge in [0.1, 0.15) is 5.82 Å². The van der Waals surface area contributed by atoms with Gasteiger partial charge in [-0.3, -0.25) is 0 Å². The van der Waals surface area contributed by atoms with E-state index in [1.54, 1.807) is 0 Å². The highest BCUT2D eigenvalue weighted by Crippen LogP contribution is 2.22. The maximum atomic E-state index is 5.85. The average molecular weight is 285 g/mol. The zero-order valence-electron chi connectivity index (χ0n) is 12.7. The second kappa shape index (κ2) is 7.53. The third kappa shape index (κ3) is 4.38. The maximum Gasteiger partial charge on any atom is 0.239 e. The maximum absolute atomic E-state index is 5.85. The Kier molecular flexibility index (Phi) is 5.43. The third-order valence-electron chi connectivity index (χ3n) is 3.35. The van der Waals surface area contributed by atoms with Crippen LogP contribution < -0.4 is 15.4 Å². The van der Waals surface area contributed by atoms with E-state index in [4.69, 9.17) is 10.5 Å². The summed E-state index contributed by atoms with van der Waals surface area (Å²) in [4.78, 5) is 6.60. The normalized spacial score (nSPS) is 10.4. The van der Waals surface area contributed by atoms with E-state index in [0.717, 1.165) is 25.2 Å². The number of hydrogen-bond acceptors (Lipinski definition) is 4. The van der Waals surface area contributed by atoms with Gasteiger partial charge in [0.15, 0.2) is 0 Å². The van der Waals surface area contributed by atoms with Crippen LogP contribution in [0.5, 0.6) is 5.88 Å². The highest BCUT2D eigenvalue weighted by atomic mass is 16.5. The molecule has 21 heavy (non-hydrogen) atoms. The third-order valence-corrected chi connectivity index (χ3v) is 3.35. The van der Waals surface area contributed by atoms with Gasteiger partial charge in [0.2, 0.25) is 5.88 Å². The molecule has 0 aliphatic heterocycles. The molecule has 1 aromatic heterocycles. The second-order valence-electron chi connectivity index (χ2n) is 5.01. The van der Waals surface area contributed by atoms with Gasteiger partial charge in [0, 0.05) is 13.6 Å². The van der Waals surface area contributed by atoms with E-state index in [-0.39, 0.29) is 0 Å². The first-order valence-corrected chi connectivity index (χ1v) is 7.35. The Morgan fingerprint density at radius 3 is 2.62 bits per heavy atom. The molecule has 0 unspecified atom stereocenters. The number of benzene rings is 1. The summed E-state index contributed by atoms with van der Waals surface area (Å²) in [5.74, 6) is 1.41. The molecule has 0 spiro atoms. The first-order valence-electron chi connectivity index (χ1n) is 7.35. The van der Waals surface area contributed by atoms with Gasteiger partial charge >= 0.3 is 0 Å². The lowest BCUT2D eigenvalue weighted by atomic mass is 10.1. The van der Waals surface area contributed by atoms with Crippen LogP contribution in [0.1, 0.15) is 18.9 Å². The van der Waals surface area contributed by atoms with Crippen molar-refractivity contribution < 1.29 is 4.74 Å². The molecule has 0 fully saturated rings. The van der Waals surface area contributed by atoms with Crippen LogP contribution in [-0.4, -0.2) is 25.2 Å². The Hall–Kier alpha value is -2.23. The predicted octanol–water partition coefficient (Wildman–Crippen LogP) is 3.13. The molecule has 2 aromatic rings. The molecule has 1 aromatic carbocycles. The Morgan fingerprint density at radius 1 is 1.14 bits per heavy atom. The van der Waals surface area contributed by atoms with Crippen molar-refractivity contribution in [1.29, 1.82) is 0 Å². The molecule has 0 atom stereocenters. The summed E-state index contributed by atoms with van der Waals surface area (Å²) in [6.07, 6.45) is 2.15. The van der Waals surface area contributed by atoms with Crippen LogP contribution >= 0.6 is 0 Å². The molecule has 0 aliphatic carbocycles. The van der Waals surface area contributed by atoms with Crippen LogP contribution in [0.2, 0.25) is 0 Å². The lowest BCUT2D eigenvalue weighted by Gasteiger charge is -2.19. The number of nitrogens with zero attached hydrogens (tertiary/aromatic N) is 2. The van der Waals surface area contributed by atoms with E-state index >= 15 is 0 Å². The van der Waals surface area contributed by atoms with Gasteiger partial charge in [-0.2, -0.15) is 4.98 Å². The van der Waals surface area contributed by atoms with E-state index < -0.39 is 0 Å². The van der Waals surface area contributed by atoms with Crippen molar-refractivity contribution in [3.63, 3.8) is 0 Å². The number of ether oxygens (including phenoxy) is 1. The number of aromatic nitrogens is 1. The van der Waals surface area contributed by atoms with Crippen LogP contribution in [0, 0.1) is 0 Å². The van der Waals surface area contributed by atoms with Crippen LogP contribution in [-0.2, 0) is 6.42 Å². The Labute approximate surface area is 126 Å². The van der Waals surface area contributed by atoms with Gasteiger partial charge in [0.05, 0.1) is 12.3 Å². The monoisotopic (exact) mass is 285 g/mol. The fourth-order valence-electron chi connectivity index (χ4n) is 2.19. The fourth-order valence-corrected chi connectivity index (χ4v) is 2.19. The summed E-state index contributed by atoms with van der Waals surface area (Å²) in [6.45, 7) is 3.44. The van der Waals surface area contributed by atoms with Crippen LogP contribution in [0.3, 0.4) is 0 Å². The first kappa shape index (κ1) is 15.2. The van der Waals surface area contributed by atoms with Gasteiger partial charge in [-0.1, -0.05) is 30.3 Å². The molecule has 0 aliphatic rings. The van der Waals surface area contributed by atoms with Crippen molar-refractivity contribution in [2.75, 3.05) is 30.8 Å². The average Bonchev–Trinajstić information content (AvgIpc) is 2.50. The Bertz CT molecular complexity index is 557. The lowest BCUT2D eigenvalue weighted by molar-refractivity contribution is 0.329. The van der Waals surface area contributed by atoms with E-state index in [2.05, 4.69) is 34.1 Å². The highest BCUT2D eigenvalue weighted by molar-refractivity contribution is 5.54. The summed E-state index contributed by atoms with van der Waals surface area (Å²) in [7, 11) is 2.04. The molecule has 1 heterocycles. The predicted molar refractivity (Wildman–Crippen MR) is 87.9 cm³/mol. The van der Waals surface area contributed by atoms with Crippen LogP contribution in [0.25, 0.3) is 0 Å². The molecular weight excluding hydrogens is 262 g/mol. The number of anilines is 2.